The lowest BCUT2D eigenvalue weighted by molar-refractivity contribution is -0.121. The van der Waals surface area contributed by atoms with Gasteiger partial charge in [-0.15, -0.1) is 24.8 Å². The maximum absolute atomic E-state index is 11.4. The maximum Gasteiger partial charge on any atom is 0.236 e. The van der Waals surface area contributed by atoms with Gasteiger partial charge in [-0.3, -0.25) is 4.79 Å². The molecular formula is C14H23Cl2N3O. The van der Waals surface area contributed by atoms with Crippen LogP contribution in [0.25, 0.3) is 0 Å². The third-order valence-electron chi connectivity index (χ3n) is 3.41. The summed E-state index contributed by atoms with van der Waals surface area (Å²) in [4.78, 5) is 13.7. The molecule has 0 aliphatic carbocycles. The van der Waals surface area contributed by atoms with Gasteiger partial charge in [0.1, 0.15) is 0 Å². The van der Waals surface area contributed by atoms with Crippen LogP contribution in [0.15, 0.2) is 24.3 Å². The first-order valence-electron chi connectivity index (χ1n) is 6.47. The zero-order chi connectivity index (χ0) is 13.1. The van der Waals surface area contributed by atoms with Crippen LogP contribution in [0.1, 0.15) is 19.4 Å². The van der Waals surface area contributed by atoms with E-state index in [4.69, 9.17) is 5.73 Å². The van der Waals surface area contributed by atoms with Crippen molar-refractivity contribution in [2.45, 2.75) is 32.4 Å². The van der Waals surface area contributed by atoms with Gasteiger partial charge in [0.15, 0.2) is 0 Å². The number of nitrogens with one attached hydrogen (secondary N) is 1. The van der Waals surface area contributed by atoms with Gasteiger partial charge in [0.2, 0.25) is 5.91 Å². The minimum atomic E-state index is -0.437. The molecule has 3 N–H and O–H groups in total. The van der Waals surface area contributed by atoms with Gasteiger partial charge in [0.05, 0.1) is 6.04 Å². The van der Waals surface area contributed by atoms with Crippen molar-refractivity contribution >= 4 is 36.4 Å². The number of fused-ring (bicyclic) bond motifs is 1. The summed E-state index contributed by atoms with van der Waals surface area (Å²) in [5, 5.41) is 2.85. The molecule has 6 heteroatoms. The van der Waals surface area contributed by atoms with Crippen molar-refractivity contribution in [3.8, 4) is 0 Å². The Kier molecular flexibility index (Phi) is 7.94. The first-order valence-corrected chi connectivity index (χ1v) is 6.47. The Morgan fingerprint density at radius 1 is 1.45 bits per heavy atom. The highest BCUT2D eigenvalue weighted by atomic mass is 35.5. The number of hydrogen-bond donors (Lipinski definition) is 2. The van der Waals surface area contributed by atoms with Crippen LogP contribution in [0.2, 0.25) is 0 Å². The number of nitrogens with zero attached hydrogens (tertiary/aromatic N) is 1. The fraction of sp³-hybridized carbons (Fsp3) is 0.500. The summed E-state index contributed by atoms with van der Waals surface area (Å²) in [5.74, 6) is -0.0878. The number of benzene rings is 1. The van der Waals surface area contributed by atoms with Crippen LogP contribution in [0, 0.1) is 0 Å². The van der Waals surface area contributed by atoms with Gasteiger partial charge in [-0.05, 0) is 31.9 Å². The second kappa shape index (κ2) is 8.35. The molecule has 0 aromatic heterocycles. The summed E-state index contributed by atoms with van der Waals surface area (Å²) in [7, 11) is 0. The van der Waals surface area contributed by atoms with E-state index in [9.17, 15) is 4.79 Å². The average Bonchev–Trinajstić information content (AvgIpc) is 2.65. The molecule has 0 saturated heterocycles. The van der Waals surface area contributed by atoms with Crippen molar-refractivity contribution in [2.75, 3.05) is 18.0 Å². The molecule has 1 amide bonds. The molecule has 1 heterocycles. The quantitative estimate of drug-likeness (QED) is 0.888. The first-order chi connectivity index (χ1) is 8.59. The molecule has 1 aromatic carbocycles. The van der Waals surface area contributed by atoms with E-state index >= 15 is 0 Å². The summed E-state index contributed by atoms with van der Waals surface area (Å²) in [5.41, 5.74) is 8.19. The van der Waals surface area contributed by atoms with Crippen molar-refractivity contribution in [3.05, 3.63) is 29.8 Å². The molecule has 0 spiro atoms. The standard InChI is InChI=1S/C14H21N3O.2ClH/c1-10-9-12-5-3-4-6-13(12)17(10)8-7-16-14(18)11(2)15;;/h3-6,10-11H,7-9,15H2,1-2H3,(H,16,18);2*1H/t10?,11-;;/m1../s1. The van der Waals surface area contributed by atoms with Gasteiger partial charge >= 0.3 is 0 Å². The van der Waals surface area contributed by atoms with Crippen LogP contribution in [0.5, 0.6) is 0 Å². The zero-order valence-corrected chi connectivity index (χ0v) is 13.5. The highest BCUT2D eigenvalue weighted by Gasteiger charge is 2.24. The molecule has 0 bridgehead atoms. The summed E-state index contributed by atoms with van der Waals surface area (Å²) in [6, 6.07) is 8.51. The van der Waals surface area contributed by atoms with Crippen LogP contribution in [-0.4, -0.2) is 31.1 Å². The number of amides is 1. The number of halogens is 2. The Morgan fingerprint density at radius 2 is 2.10 bits per heavy atom. The van der Waals surface area contributed by atoms with Crippen molar-refractivity contribution in [1.29, 1.82) is 0 Å². The predicted octanol–water partition coefficient (Wildman–Crippen LogP) is 1.74. The van der Waals surface area contributed by atoms with Crippen molar-refractivity contribution < 1.29 is 4.79 Å². The van der Waals surface area contributed by atoms with E-state index in [0.29, 0.717) is 12.6 Å². The average molecular weight is 320 g/mol. The number of carbonyl (C=O) groups is 1. The lowest BCUT2D eigenvalue weighted by Gasteiger charge is -2.25. The van der Waals surface area contributed by atoms with Gasteiger partial charge in [-0.2, -0.15) is 0 Å². The van der Waals surface area contributed by atoms with E-state index in [1.54, 1.807) is 6.92 Å². The Morgan fingerprint density at radius 3 is 2.75 bits per heavy atom. The summed E-state index contributed by atoms with van der Waals surface area (Å²) in [6.45, 7) is 5.38. The van der Waals surface area contributed by atoms with Crippen LogP contribution in [0.3, 0.4) is 0 Å². The summed E-state index contributed by atoms with van der Waals surface area (Å²) >= 11 is 0. The fourth-order valence-electron chi connectivity index (χ4n) is 2.43. The molecule has 1 aliphatic heterocycles. The maximum atomic E-state index is 11.4. The first kappa shape index (κ1) is 19.0. The number of nitrogens with two attached hydrogens (primary N) is 1. The van der Waals surface area contributed by atoms with E-state index in [-0.39, 0.29) is 30.7 Å². The normalized spacial score (nSPS) is 17.6. The van der Waals surface area contributed by atoms with Gasteiger partial charge in [-0.1, -0.05) is 18.2 Å². The van der Waals surface area contributed by atoms with E-state index in [1.165, 1.54) is 11.3 Å². The van der Waals surface area contributed by atoms with Gasteiger partial charge in [0, 0.05) is 24.8 Å². The lowest BCUT2D eigenvalue weighted by atomic mass is 10.1. The van der Waals surface area contributed by atoms with Gasteiger partial charge in [-0.25, -0.2) is 0 Å². The molecule has 20 heavy (non-hydrogen) atoms. The molecule has 0 fully saturated rings. The molecule has 2 rings (SSSR count). The molecule has 2 atom stereocenters. The minimum absolute atomic E-state index is 0. The molecule has 114 valence electrons. The Bertz CT molecular complexity index is 440. The second-order valence-corrected chi connectivity index (χ2v) is 4.95. The van der Waals surface area contributed by atoms with Crippen molar-refractivity contribution in [1.82, 2.24) is 5.32 Å². The summed E-state index contributed by atoms with van der Waals surface area (Å²) in [6.07, 6.45) is 1.08. The molecule has 0 saturated carbocycles. The van der Waals surface area contributed by atoms with Crippen LogP contribution in [-0.2, 0) is 11.2 Å². The SMILES string of the molecule is CC1Cc2ccccc2N1CCNC(=O)[C@@H](C)N.Cl.Cl. The number of anilines is 1. The van der Waals surface area contributed by atoms with E-state index < -0.39 is 6.04 Å². The highest BCUT2D eigenvalue weighted by Crippen LogP contribution is 2.30. The third kappa shape index (κ3) is 4.27. The van der Waals surface area contributed by atoms with Crippen molar-refractivity contribution in [2.24, 2.45) is 5.73 Å². The molecule has 4 nitrogen and oxygen atoms in total. The van der Waals surface area contributed by atoms with E-state index in [2.05, 4.69) is 41.4 Å². The molecule has 1 aromatic rings. The van der Waals surface area contributed by atoms with Crippen LogP contribution >= 0.6 is 24.8 Å². The molecule has 1 aliphatic rings. The van der Waals surface area contributed by atoms with Gasteiger partial charge in [0.25, 0.3) is 0 Å². The highest BCUT2D eigenvalue weighted by molar-refractivity contribution is 5.85. The Balaban J connectivity index is 0.00000180. The minimum Gasteiger partial charge on any atom is -0.367 e. The van der Waals surface area contributed by atoms with Crippen molar-refractivity contribution in [3.63, 3.8) is 0 Å². The predicted molar refractivity (Wildman–Crippen MR) is 88.1 cm³/mol. The fourth-order valence-corrected chi connectivity index (χ4v) is 2.43. The lowest BCUT2D eigenvalue weighted by Crippen LogP contribution is -2.43. The Hall–Kier alpha value is -0.970. The zero-order valence-electron chi connectivity index (χ0n) is 11.8. The largest absolute Gasteiger partial charge is 0.367 e. The Labute approximate surface area is 132 Å². The van der Waals surface area contributed by atoms with Crippen LogP contribution in [0.4, 0.5) is 5.69 Å². The molecule has 1 unspecified atom stereocenters. The van der Waals surface area contributed by atoms with E-state index in [1.807, 2.05) is 0 Å². The third-order valence-corrected chi connectivity index (χ3v) is 3.41. The monoisotopic (exact) mass is 319 g/mol. The topological polar surface area (TPSA) is 58.4 Å². The number of para-hydroxylation sites is 1. The van der Waals surface area contributed by atoms with Gasteiger partial charge < -0.3 is 16.0 Å². The summed E-state index contributed by atoms with van der Waals surface area (Å²) < 4.78 is 0. The molecule has 0 radical (unpaired) electrons. The number of rotatable bonds is 4. The molecular weight excluding hydrogens is 297 g/mol. The number of hydrogen-bond acceptors (Lipinski definition) is 3. The number of carbonyl (C=O) groups excluding carboxylic acids is 1. The second-order valence-electron chi connectivity index (χ2n) is 4.95. The van der Waals surface area contributed by atoms with Crippen LogP contribution < -0.4 is 16.0 Å². The van der Waals surface area contributed by atoms with E-state index in [0.717, 1.165) is 13.0 Å². The smallest absolute Gasteiger partial charge is 0.236 e.